The van der Waals surface area contributed by atoms with E-state index in [1.807, 2.05) is 11.3 Å². The van der Waals surface area contributed by atoms with E-state index in [0.717, 1.165) is 37.7 Å². The van der Waals surface area contributed by atoms with Gasteiger partial charge in [-0.05, 0) is 30.5 Å². The first kappa shape index (κ1) is 12.9. The Balaban J connectivity index is 1.63. The zero-order chi connectivity index (χ0) is 14.1. The van der Waals surface area contributed by atoms with Crippen molar-refractivity contribution in [1.29, 1.82) is 0 Å². The fraction of sp³-hybridized carbons (Fsp3) is 0.312. The van der Waals surface area contributed by atoms with Gasteiger partial charge < -0.3 is 10.2 Å². The van der Waals surface area contributed by atoms with Crippen LogP contribution in [0, 0.1) is 0 Å². The van der Waals surface area contributed by atoms with Crippen molar-refractivity contribution in [1.82, 2.24) is 15.5 Å². The van der Waals surface area contributed by atoms with Crippen LogP contribution in [-0.2, 0) is 0 Å². The van der Waals surface area contributed by atoms with Crippen molar-refractivity contribution >= 4 is 27.2 Å². The van der Waals surface area contributed by atoms with Gasteiger partial charge in [-0.15, -0.1) is 11.3 Å². The van der Waals surface area contributed by atoms with Crippen molar-refractivity contribution in [2.45, 2.75) is 6.42 Å². The minimum Gasteiger partial charge on any atom is -0.354 e. The second-order valence-corrected chi connectivity index (χ2v) is 6.46. The number of nitrogens with zero attached hydrogens (tertiary/aromatic N) is 2. The third-order valence-electron chi connectivity index (χ3n) is 3.92. The maximum Gasteiger partial charge on any atom is 0.151 e. The van der Waals surface area contributed by atoms with E-state index >= 15 is 0 Å². The lowest BCUT2D eigenvalue weighted by Gasteiger charge is -2.18. The standard InChI is InChI=1S/C16H18N4S/c1-2-5-14-12(4-1)10-15(21-14)13-11-16(19-18-13)20-8-3-6-17-7-9-20/h1-2,4-5,10-11,17H,3,6-9H2,(H,18,19). The van der Waals surface area contributed by atoms with E-state index in [4.69, 9.17) is 0 Å². The van der Waals surface area contributed by atoms with Gasteiger partial charge in [-0.25, -0.2) is 0 Å². The molecule has 1 fully saturated rings. The number of anilines is 1. The lowest BCUT2D eigenvalue weighted by molar-refractivity contribution is 0.724. The highest BCUT2D eigenvalue weighted by atomic mass is 32.1. The van der Waals surface area contributed by atoms with Crippen LogP contribution in [0.2, 0.25) is 0 Å². The molecule has 1 aliphatic heterocycles. The Bertz CT molecular complexity index is 704. The van der Waals surface area contributed by atoms with E-state index in [2.05, 4.69) is 56.8 Å². The van der Waals surface area contributed by atoms with Gasteiger partial charge in [-0.1, -0.05) is 18.2 Å². The maximum atomic E-state index is 4.51. The molecule has 1 aromatic carbocycles. The molecular formula is C16H18N4S. The summed E-state index contributed by atoms with van der Waals surface area (Å²) in [5.41, 5.74) is 1.11. The Morgan fingerprint density at radius 3 is 3.00 bits per heavy atom. The van der Waals surface area contributed by atoms with Crippen molar-refractivity contribution < 1.29 is 0 Å². The molecule has 5 heteroatoms. The van der Waals surface area contributed by atoms with Crippen LogP contribution in [0.15, 0.2) is 36.4 Å². The van der Waals surface area contributed by atoms with Crippen LogP contribution in [-0.4, -0.2) is 36.4 Å². The minimum atomic E-state index is 1.02. The number of rotatable bonds is 2. The van der Waals surface area contributed by atoms with Crippen molar-refractivity contribution in [3.63, 3.8) is 0 Å². The van der Waals surface area contributed by atoms with Gasteiger partial charge in [-0.3, -0.25) is 5.10 Å². The highest BCUT2D eigenvalue weighted by Gasteiger charge is 2.14. The number of aromatic nitrogens is 2. The summed E-state index contributed by atoms with van der Waals surface area (Å²) in [5.74, 6) is 1.06. The van der Waals surface area contributed by atoms with E-state index in [0.29, 0.717) is 0 Å². The number of hydrogen-bond acceptors (Lipinski definition) is 4. The zero-order valence-corrected chi connectivity index (χ0v) is 12.6. The van der Waals surface area contributed by atoms with Crippen LogP contribution in [0.25, 0.3) is 20.7 Å². The van der Waals surface area contributed by atoms with Gasteiger partial charge in [0, 0.05) is 30.4 Å². The molecule has 1 saturated heterocycles. The summed E-state index contributed by atoms with van der Waals surface area (Å²) in [7, 11) is 0. The maximum absolute atomic E-state index is 4.51. The second-order valence-electron chi connectivity index (χ2n) is 5.38. The number of fused-ring (bicyclic) bond motifs is 1. The Morgan fingerprint density at radius 1 is 1.10 bits per heavy atom. The molecule has 0 saturated carbocycles. The summed E-state index contributed by atoms with van der Waals surface area (Å²) >= 11 is 1.81. The van der Waals surface area contributed by atoms with Crippen LogP contribution in [0.3, 0.4) is 0 Å². The molecule has 4 nitrogen and oxygen atoms in total. The third kappa shape index (κ3) is 2.54. The predicted octanol–water partition coefficient (Wildman–Crippen LogP) is 3.09. The van der Waals surface area contributed by atoms with Gasteiger partial charge in [0.15, 0.2) is 5.82 Å². The zero-order valence-electron chi connectivity index (χ0n) is 11.8. The first-order chi connectivity index (χ1) is 10.4. The minimum absolute atomic E-state index is 1.02. The summed E-state index contributed by atoms with van der Waals surface area (Å²) in [6.45, 7) is 4.23. The van der Waals surface area contributed by atoms with Gasteiger partial charge in [0.2, 0.25) is 0 Å². The highest BCUT2D eigenvalue weighted by molar-refractivity contribution is 7.22. The Morgan fingerprint density at radius 2 is 2.05 bits per heavy atom. The van der Waals surface area contributed by atoms with Crippen LogP contribution >= 0.6 is 11.3 Å². The molecule has 0 aliphatic carbocycles. The van der Waals surface area contributed by atoms with Crippen molar-refractivity contribution in [2.75, 3.05) is 31.1 Å². The van der Waals surface area contributed by atoms with Crippen LogP contribution in [0.1, 0.15) is 6.42 Å². The molecule has 0 radical (unpaired) electrons. The molecule has 4 rings (SSSR count). The summed E-state index contributed by atoms with van der Waals surface area (Å²) in [5, 5.41) is 12.4. The van der Waals surface area contributed by atoms with Crippen molar-refractivity contribution in [2.24, 2.45) is 0 Å². The smallest absolute Gasteiger partial charge is 0.151 e. The molecule has 0 unspecified atom stereocenters. The summed E-state index contributed by atoms with van der Waals surface area (Å²) in [6, 6.07) is 12.9. The average Bonchev–Trinajstić information content (AvgIpc) is 3.07. The molecule has 0 amide bonds. The number of nitrogens with one attached hydrogen (secondary N) is 2. The third-order valence-corrected chi connectivity index (χ3v) is 5.07. The molecular weight excluding hydrogens is 280 g/mol. The molecule has 3 aromatic rings. The number of thiophene rings is 1. The van der Waals surface area contributed by atoms with E-state index in [9.17, 15) is 0 Å². The van der Waals surface area contributed by atoms with E-state index in [1.54, 1.807) is 0 Å². The van der Waals surface area contributed by atoms with Gasteiger partial charge in [0.1, 0.15) is 0 Å². The van der Waals surface area contributed by atoms with Gasteiger partial charge >= 0.3 is 0 Å². The van der Waals surface area contributed by atoms with Gasteiger partial charge in [-0.2, -0.15) is 5.10 Å². The SMILES string of the molecule is c1ccc2sc(-c3cc(N4CCCNCC4)n[nH]3)cc2c1. The van der Waals surface area contributed by atoms with Gasteiger partial charge in [0.25, 0.3) is 0 Å². The fourth-order valence-electron chi connectivity index (χ4n) is 2.79. The quantitative estimate of drug-likeness (QED) is 0.764. The molecule has 2 aromatic heterocycles. The average molecular weight is 298 g/mol. The van der Waals surface area contributed by atoms with E-state index < -0.39 is 0 Å². The first-order valence-electron chi connectivity index (χ1n) is 7.40. The van der Waals surface area contributed by atoms with Crippen molar-refractivity contribution in [3.8, 4) is 10.6 Å². The normalized spacial score (nSPS) is 16.3. The van der Waals surface area contributed by atoms with Crippen LogP contribution in [0.5, 0.6) is 0 Å². The summed E-state index contributed by atoms with van der Waals surface area (Å²) in [4.78, 5) is 3.61. The van der Waals surface area contributed by atoms with Gasteiger partial charge in [0.05, 0.1) is 10.6 Å². The molecule has 0 spiro atoms. The largest absolute Gasteiger partial charge is 0.354 e. The Labute approximate surface area is 127 Å². The lowest BCUT2D eigenvalue weighted by Crippen LogP contribution is -2.28. The Kier molecular flexibility index (Phi) is 3.37. The van der Waals surface area contributed by atoms with E-state index in [1.165, 1.54) is 21.4 Å². The van der Waals surface area contributed by atoms with Crippen LogP contribution in [0.4, 0.5) is 5.82 Å². The topological polar surface area (TPSA) is 44.0 Å². The monoisotopic (exact) mass is 298 g/mol. The number of benzene rings is 1. The van der Waals surface area contributed by atoms with Crippen molar-refractivity contribution in [3.05, 3.63) is 36.4 Å². The number of H-pyrrole nitrogens is 1. The van der Waals surface area contributed by atoms with E-state index in [-0.39, 0.29) is 0 Å². The number of aromatic amines is 1. The molecule has 0 bridgehead atoms. The Hall–Kier alpha value is -1.85. The molecule has 1 aliphatic rings. The number of hydrogen-bond donors (Lipinski definition) is 2. The molecule has 2 N–H and O–H groups in total. The summed E-state index contributed by atoms with van der Waals surface area (Å²) < 4.78 is 1.32. The molecule has 0 atom stereocenters. The lowest BCUT2D eigenvalue weighted by atomic mass is 10.2. The fourth-order valence-corrected chi connectivity index (χ4v) is 3.82. The molecule has 21 heavy (non-hydrogen) atoms. The highest BCUT2D eigenvalue weighted by Crippen LogP contribution is 2.33. The molecule has 3 heterocycles. The first-order valence-corrected chi connectivity index (χ1v) is 8.22. The summed E-state index contributed by atoms with van der Waals surface area (Å²) in [6.07, 6.45) is 1.17. The predicted molar refractivity (Wildman–Crippen MR) is 89.1 cm³/mol. The van der Waals surface area contributed by atoms with Crippen LogP contribution < -0.4 is 10.2 Å². The second kappa shape index (κ2) is 5.50. The molecule has 108 valence electrons.